The fraction of sp³-hybridized carbons (Fsp3) is 0.455. The van der Waals surface area contributed by atoms with E-state index >= 15 is 0 Å². The molecule has 2 rings (SSSR count). The average Bonchev–Trinajstić information content (AvgIpc) is 2.26. The van der Waals surface area contributed by atoms with E-state index in [-0.39, 0.29) is 6.04 Å². The predicted molar refractivity (Wildman–Crippen MR) is 56.0 cm³/mol. The van der Waals surface area contributed by atoms with Crippen LogP contribution in [0.4, 0.5) is 18.9 Å². The molecule has 0 aromatic heterocycles. The van der Waals surface area contributed by atoms with Crippen LogP contribution in [0.5, 0.6) is 0 Å². The van der Waals surface area contributed by atoms with E-state index in [9.17, 15) is 13.2 Å². The minimum atomic E-state index is -1.41. The van der Waals surface area contributed by atoms with E-state index in [0.717, 1.165) is 25.2 Å². The number of hydrogen-bond donors (Lipinski definition) is 1. The molecule has 0 amide bonds. The molecular formula is C11H13F3N2. The second-order valence-electron chi connectivity index (χ2n) is 3.97. The zero-order valence-electron chi connectivity index (χ0n) is 8.93. The molecule has 0 saturated carbocycles. The lowest BCUT2D eigenvalue weighted by Crippen LogP contribution is -2.50. The topological polar surface area (TPSA) is 15.3 Å². The monoisotopic (exact) mass is 230 g/mol. The van der Waals surface area contributed by atoms with Gasteiger partial charge in [-0.2, -0.15) is 0 Å². The minimum Gasteiger partial charge on any atom is -0.366 e. The van der Waals surface area contributed by atoms with Crippen molar-refractivity contribution in [1.82, 2.24) is 5.32 Å². The zero-order valence-corrected chi connectivity index (χ0v) is 8.93. The van der Waals surface area contributed by atoms with Gasteiger partial charge < -0.3 is 10.2 Å². The summed E-state index contributed by atoms with van der Waals surface area (Å²) in [7, 11) is 0. The smallest absolute Gasteiger partial charge is 0.194 e. The van der Waals surface area contributed by atoms with Crippen LogP contribution in [0.25, 0.3) is 0 Å². The third kappa shape index (κ3) is 2.00. The lowest BCUT2D eigenvalue weighted by Gasteiger charge is -2.35. The highest BCUT2D eigenvalue weighted by Gasteiger charge is 2.21. The summed E-state index contributed by atoms with van der Waals surface area (Å²) < 4.78 is 38.9. The molecule has 1 aromatic rings. The van der Waals surface area contributed by atoms with Crippen LogP contribution in [0.2, 0.25) is 0 Å². The highest BCUT2D eigenvalue weighted by Crippen LogP contribution is 2.23. The number of rotatable bonds is 1. The van der Waals surface area contributed by atoms with Crippen molar-refractivity contribution in [2.45, 2.75) is 13.0 Å². The number of benzene rings is 1. The van der Waals surface area contributed by atoms with Crippen LogP contribution in [0.15, 0.2) is 12.1 Å². The van der Waals surface area contributed by atoms with Gasteiger partial charge in [0.05, 0.1) is 0 Å². The molecule has 1 aliphatic rings. The van der Waals surface area contributed by atoms with Crippen molar-refractivity contribution >= 4 is 5.69 Å². The van der Waals surface area contributed by atoms with Crippen LogP contribution in [0.1, 0.15) is 6.92 Å². The molecule has 1 aromatic carbocycles. The molecule has 0 bridgehead atoms. The van der Waals surface area contributed by atoms with Crippen LogP contribution in [-0.2, 0) is 0 Å². The lowest BCUT2D eigenvalue weighted by atomic mass is 10.1. The summed E-state index contributed by atoms with van der Waals surface area (Å²) in [5, 5.41) is 3.17. The molecule has 0 aliphatic carbocycles. The average molecular weight is 230 g/mol. The first-order chi connectivity index (χ1) is 7.59. The molecule has 1 N–H and O–H groups in total. The maximum absolute atomic E-state index is 13.1. The third-order valence-corrected chi connectivity index (χ3v) is 2.80. The molecule has 2 nitrogen and oxygen atoms in total. The van der Waals surface area contributed by atoms with Crippen molar-refractivity contribution in [2.75, 3.05) is 24.5 Å². The Kier molecular flexibility index (Phi) is 3.05. The number of halogens is 3. The molecule has 88 valence electrons. The van der Waals surface area contributed by atoms with Gasteiger partial charge in [-0.3, -0.25) is 0 Å². The van der Waals surface area contributed by atoms with Crippen molar-refractivity contribution in [3.63, 3.8) is 0 Å². The van der Waals surface area contributed by atoms with E-state index in [0.29, 0.717) is 12.2 Å². The van der Waals surface area contributed by atoms with Crippen molar-refractivity contribution in [2.24, 2.45) is 0 Å². The Hall–Kier alpha value is -1.23. The van der Waals surface area contributed by atoms with Gasteiger partial charge in [0.2, 0.25) is 0 Å². The molecule has 1 atom stereocenters. The number of piperazine rings is 1. The highest BCUT2D eigenvalue weighted by atomic mass is 19.2. The number of anilines is 1. The molecule has 0 spiro atoms. The summed E-state index contributed by atoms with van der Waals surface area (Å²) in [6.45, 7) is 4.11. The Labute approximate surface area is 92.1 Å². The van der Waals surface area contributed by atoms with Crippen LogP contribution in [0.3, 0.4) is 0 Å². The van der Waals surface area contributed by atoms with E-state index in [1.165, 1.54) is 0 Å². The standard InChI is InChI=1S/C11H13F3N2/c1-7-6-15-2-3-16(7)8-4-9(12)11(14)10(13)5-8/h4-5,7,15H,2-3,6H2,1H3. The number of hydrogen-bond acceptors (Lipinski definition) is 2. The Bertz CT molecular complexity index is 372. The maximum atomic E-state index is 13.1. The van der Waals surface area contributed by atoms with Gasteiger partial charge in [-0.25, -0.2) is 13.2 Å². The Morgan fingerprint density at radius 3 is 2.44 bits per heavy atom. The predicted octanol–water partition coefficient (Wildman–Crippen LogP) is 1.90. The molecule has 1 saturated heterocycles. The summed E-state index contributed by atoms with van der Waals surface area (Å²) in [5.41, 5.74) is 0.394. The van der Waals surface area contributed by atoms with Crippen molar-refractivity contribution in [3.8, 4) is 0 Å². The largest absolute Gasteiger partial charge is 0.366 e. The molecule has 1 aliphatic heterocycles. The quantitative estimate of drug-likeness (QED) is 0.741. The van der Waals surface area contributed by atoms with Gasteiger partial charge in [-0.05, 0) is 6.92 Å². The fourth-order valence-electron chi connectivity index (χ4n) is 1.93. The third-order valence-electron chi connectivity index (χ3n) is 2.80. The summed E-state index contributed by atoms with van der Waals surface area (Å²) in [5.74, 6) is -3.69. The van der Waals surface area contributed by atoms with Crippen LogP contribution < -0.4 is 10.2 Å². The number of nitrogens with zero attached hydrogens (tertiary/aromatic N) is 1. The van der Waals surface area contributed by atoms with Gasteiger partial charge in [0.15, 0.2) is 17.5 Å². The highest BCUT2D eigenvalue weighted by molar-refractivity contribution is 5.48. The van der Waals surface area contributed by atoms with Gasteiger partial charge in [0.25, 0.3) is 0 Å². The summed E-state index contributed by atoms with van der Waals surface area (Å²) in [6.07, 6.45) is 0. The van der Waals surface area contributed by atoms with Gasteiger partial charge >= 0.3 is 0 Å². The maximum Gasteiger partial charge on any atom is 0.194 e. The van der Waals surface area contributed by atoms with E-state index in [1.807, 2.05) is 11.8 Å². The Balaban J connectivity index is 2.32. The minimum absolute atomic E-state index is 0.137. The fourth-order valence-corrected chi connectivity index (χ4v) is 1.93. The lowest BCUT2D eigenvalue weighted by molar-refractivity contribution is 0.443. The Morgan fingerprint density at radius 2 is 1.88 bits per heavy atom. The molecule has 1 fully saturated rings. The van der Waals surface area contributed by atoms with E-state index in [1.54, 1.807) is 0 Å². The summed E-state index contributed by atoms with van der Waals surface area (Å²) >= 11 is 0. The molecule has 5 heteroatoms. The normalized spacial score (nSPS) is 21.2. The zero-order chi connectivity index (χ0) is 11.7. The van der Waals surface area contributed by atoms with Gasteiger partial charge in [-0.15, -0.1) is 0 Å². The van der Waals surface area contributed by atoms with Gasteiger partial charge in [0, 0.05) is 43.5 Å². The second kappa shape index (κ2) is 4.33. The molecule has 0 radical (unpaired) electrons. The number of nitrogens with one attached hydrogen (secondary N) is 1. The first kappa shape index (κ1) is 11.3. The SMILES string of the molecule is CC1CNCCN1c1cc(F)c(F)c(F)c1. The van der Waals surface area contributed by atoms with Gasteiger partial charge in [0.1, 0.15) is 0 Å². The van der Waals surface area contributed by atoms with Crippen LogP contribution in [-0.4, -0.2) is 25.7 Å². The van der Waals surface area contributed by atoms with Crippen LogP contribution >= 0.6 is 0 Å². The summed E-state index contributed by atoms with van der Waals surface area (Å²) in [4.78, 5) is 1.86. The van der Waals surface area contributed by atoms with E-state index in [2.05, 4.69) is 5.32 Å². The van der Waals surface area contributed by atoms with Crippen LogP contribution in [0, 0.1) is 17.5 Å². The first-order valence-electron chi connectivity index (χ1n) is 5.21. The van der Waals surface area contributed by atoms with E-state index < -0.39 is 17.5 Å². The summed E-state index contributed by atoms with van der Waals surface area (Å²) in [6, 6.07) is 2.22. The second-order valence-corrected chi connectivity index (χ2v) is 3.97. The molecular weight excluding hydrogens is 217 g/mol. The Morgan fingerprint density at radius 1 is 1.25 bits per heavy atom. The van der Waals surface area contributed by atoms with Crippen molar-refractivity contribution < 1.29 is 13.2 Å². The molecule has 16 heavy (non-hydrogen) atoms. The molecule has 1 unspecified atom stereocenters. The van der Waals surface area contributed by atoms with Crippen molar-refractivity contribution in [1.29, 1.82) is 0 Å². The molecule has 1 heterocycles. The van der Waals surface area contributed by atoms with Crippen molar-refractivity contribution in [3.05, 3.63) is 29.6 Å². The first-order valence-corrected chi connectivity index (χ1v) is 5.21. The van der Waals surface area contributed by atoms with E-state index in [4.69, 9.17) is 0 Å². The van der Waals surface area contributed by atoms with Gasteiger partial charge in [-0.1, -0.05) is 0 Å².